The van der Waals surface area contributed by atoms with Crippen molar-refractivity contribution < 1.29 is 33.2 Å². The lowest BCUT2D eigenvalue weighted by atomic mass is 10.1. The van der Waals surface area contributed by atoms with Crippen LogP contribution in [-0.2, 0) is 42.2 Å². The molecule has 0 amide bonds. The summed E-state index contributed by atoms with van der Waals surface area (Å²) in [6, 6.07) is 42.6. The average molecular weight is 1670 g/mol. The number of benzene rings is 5. The van der Waals surface area contributed by atoms with Gasteiger partial charge >= 0.3 is 0 Å². The molecule has 0 aliphatic carbocycles. The number of nitrogens with one attached hydrogen (secondary N) is 5. The van der Waals surface area contributed by atoms with Gasteiger partial charge < -0.3 is 57.7 Å². The molecule has 2 unspecified atom stereocenters. The van der Waals surface area contributed by atoms with Crippen LogP contribution in [0.25, 0.3) is 56.3 Å². The lowest BCUT2D eigenvalue weighted by Crippen LogP contribution is -2.28. The van der Waals surface area contributed by atoms with Crippen LogP contribution in [0.5, 0.6) is 34.6 Å². The zero-order chi connectivity index (χ0) is 87.8. The SMILES string of the molecule is CCCCN(C)Cc1cn[nH]c1-c1ccc(OC(CC)COC)cc1.CCCCN(C)Cc1cn[nH]c1-c1ccc(OC(COC)C(C)C)cc1.CCCCN(C)Cc1cn[nH]c1-c1ccc(O[C@@H](C)CC)cc1.CCCCN(C)Cc1cn[nH]c1-c1ccc(O[C@H](C)CC)cc1.CCCCN(C)Cc1cn[nH]c1-c1ccc(Oc2ccncn2)cc1. The molecule has 0 aliphatic heterocycles. The zero-order valence-corrected chi connectivity index (χ0v) is 77.0. The molecule has 0 saturated heterocycles. The smallest absolute Gasteiger partial charge is 0.222 e. The zero-order valence-electron chi connectivity index (χ0n) is 77.0. The van der Waals surface area contributed by atoms with Crippen LogP contribution in [0.1, 0.15) is 194 Å². The summed E-state index contributed by atoms with van der Waals surface area (Å²) < 4.78 is 39.9. The molecule has 0 aliphatic rings. The molecule has 5 aromatic carbocycles. The first-order chi connectivity index (χ1) is 59.2. The largest absolute Gasteiger partial charge is 0.491 e. The van der Waals surface area contributed by atoms with Gasteiger partial charge in [0.1, 0.15) is 47.3 Å². The lowest BCUT2D eigenvalue weighted by molar-refractivity contribution is 0.0530. The number of hydrogen-bond acceptors (Lipinski definition) is 19. The third kappa shape index (κ3) is 34.7. The highest BCUT2D eigenvalue weighted by Gasteiger charge is 2.20. The maximum Gasteiger partial charge on any atom is 0.222 e. The molecule has 6 aromatic heterocycles. The molecular formula is C98H145N17O7. The van der Waals surface area contributed by atoms with E-state index in [1.165, 1.54) is 98.4 Å². The highest BCUT2D eigenvalue weighted by atomic mass is 16.5. The molecule has 0 bridgehead atoms. The van der Waals surface area contributed by atoms with Gasteiger partial charge in [-0.2, -0.15) is 25.5 Å². The number of aromatic amines is 5. The Morgan fingerprint density at radius 3 is 0.852 bits per heavy atom. The lowest BCUT2D eigenvalue weighted by Gasteiger charge is -2.22. The number of ether oxygens (including phenoxy) is 7. The molecule has 5 N–H and O–H groups in total. The minimum absolute atomic E-state index is 0.0563. The van der Waals surface area contributed by atoms with Gasteiger partial charge in [-0.3, -0.25) is 25.5 Å². The first kappa shape index (κ1) is 99.1. The second kappa shape index (κ2) is 55.9. The van der Waals surface area contributed by atoms with Crippen LogP contribution < -0.4 is 23.7 Å². The summed E-state index contributed by atoms with van der Waals surface area (Å²) in [5.74, 6) is 5.24. The van der Waals surface area contributed by atoms with E-state index in [0.29, 0.717) is 25.0 Å². The van der Waals surface area contributed by atoms with Crippen LogP contribution in [0.2, 0.25) is 0 Å². The maximum atomic E-state index is 6.07. The Hall–Kier alpha value is -10.1. The van der Waals surface area contributed by atoms with Crippen molar-refractivity contribution in [3.8, 4) is 90.9 Å². The summed E-state index contributed by atoms with van der Waals surface area (Å²) in [5, 5.41) is 36.9. The van der Waals surface area contributed by atoms with Crippen LogP contribution in [0.3, 0.4) is 0 Å². The molecule has 4 atom stereocenters. The van der Waals surface area contributed by atoms with Crippen LogP contribution in [-0.4, -0.2) is 205 Å². The standard InChI is InChI=1S/C21H33N3O2.C20H31N3O2.C19H23N5O.2C19H29N3O/c1-6-7-12-24(4)14-18-13-22-23-21(18)17-8-10-19(11-9-17)26-20(15-25-5)16(2)3;1-5-7-12-23(3)14-17-13-21-22-20(17)16-8-10-19(11-9-16)25-18(6-2)15-24-4;1-3-4-11-24(2)13-16-12-22-23-19(16)15-5-7-17(8-6-15)25-18-9-10-20-14-21-18;2*1-5-7-12-22(4)14-17-13-20-21-19(17)16-8-10-18(11-9-16)23-15(3)6-2/h8-11,13,16,20H,6-7,12,14-15H2,1-5H3,(H,22,23);8-11,13,18H,5-7,12,14-15H2,1-4H3,(H,21,22);5-10,12,14H,3-4,11,13H2,1-2H3,(H,22,23);2*8-11,13,15H,5-7,12,14H2,1-4H3,(H,20,21)/t;;;2*15-/m...10/s1. The van der Waals surface area contributed by atoms with E-state index in [1.54, 1.807) is 26.5 Å². The van der Waals surface area contributed by atoms with E-state index in [9.17, 15) is 0 Å². The molecule has 0 spiro atoms. The second-order valence-corrected chi connectivity index (χ2v) is 32.2. The number of hydrogen-bond donors (Lipinski definition) is 5. The average Bonchev–Trinajstić information content (AvgIpc) is 1.69. The molecule has 122 heavy (non-hydrogen) atoms. The molecule has 0 saturated carbocycles. The number of nitrogens with zero attached hydrogens (tertiary/aromatic N) is 12. The van der Waals surface area contributed by atoms with Gasteiger partial charge in [0, 0.05) is 115 Å². The van der Waals surface area contributed by atoms with Crippen molar-refractivity contribution in [2.75, 3.05) is 95.4 Å². The summed E-state index contributed by atoms with van der Waals surface area (Å²) >= 11 is 0. The van der Waals surface area contributed by atoms with Gasteiger partial charge in [-0.1, -0.05) is 101 Å². The van der Waals surface area contributed by atoms with Crippen molar-refractivity contribution in [1.82, 2.24) is 85.5 Å². The van der Waals surface area contributed by atoms with Gasteiger partial charge in [-0.25, -0.2) is 9.97 Å². The van der Waals surface area contributed by atoms with Gasteiger partial charge in [0.15, 0.2) is 0 Å². The fourth-order valence-corrected chi connectivity index (χ4v) is 13.3. The monoisotopic (exact) mass is 1670 g/mol. The van der Waals surface area contributed by atoms with Crippen molar-refractivity contribution in [2.45, 2.75) is 224 Å². The summed E-state index contributed by atoms with van der Waals surface area (Å²) in [4.78, 5) is 19.6. The van der Waals surface area contributed by atoms with Crippen LogP contribution in [0, 0.1) is 5.92 Å². The quantitative estimate of drug-likeness (QED) is 0.0238. The Morgan fingerprint density at radius 1 is 0.328 bits per heavy atom. The maximum absolute atomic E-state index is 6.07. The van der Waals surface area contributed by atoms with Crippen molar-refractivity contribution in [3.63, 3.8) is 0 Å². The number of H-pyrrole nitrogens is 5. The van der Waals surface area contributed by atoms with Gasteiger partial charge in [0.2, 0.25) is 5.88 Å². The molecule has 11 rings (SSSR count). The van der Waals surface area contributed by atoms with E-state index in [4.69, 9.17) is 33.2 Å². The summed E-state index contributed by atoms with van der Waals surface area (Å²) in [6.45, 7) is 37.1. The Bertz CT molecular complexity index is 4390. The predicted molar refractivity (Wildman–Crippen MR) is 497 cm³/mol. The fourth-order valence-electron chi connectivity index (χ4n) is 13.3. The van der Waals surface area contributed by atoms with Crippen molar-refractivity contribution >= 4 is 0 Å². The first-order valence-electron chi connectivity index (χ1n) is 44.4. The third-order valence-electron chi connectivity index (χ3n) is 21.0. The van der Waals surface area contributed by atoms with Gasteiger partial charge in [0.05, 0.1) is 84.9 Å². The highest BCUT2D eigenvalue weighted by Crippen LogP contribution is 2.32. The topological polar surface area (TPSA) is 250 Å². The molecule has 0 radical (unpaired) electrons. The van der Waals surface area contributed by atoms with E-state index in [0.717, 1.165) is 170 Å². The Kier molecular flexibility index (Phi) is 45.4. The van der Waals surface area contributed by atoms with E-state index in [1.807, 2.05) is 104 Å². The Labute approximate surface area is 729 Å². The Balaban J connectivity index is 0.000000210. The predicted octanol–water partition coefficient (Wildman–Crippen LogP) is 21.3. The van der Waals surface area contributed by atoms with E-state index < -0.39 is 0 Å². The molecular weight excluding hydrogens is 1530 g/mol. The summed E-state index contributed by atoms with van der Waals surface area (Å²) in [5.41, 5.74) is 17.2. The van der Waals surface area contributed by atoms with Crippen molar-refractivity contribution in [2.24, 2.45) is 5.92 Å². The molecule has 664 valence electrons. The van der Waals surface area contributed by atoms with Gasteiger partial charge in [-0.05, 0) is 260 Å². The third-order valence-corrected chi connectivity index (χ3v) is 21.0. The normalized spacial score (nSPS) is 12.3. The second-order valence-electron chi connectivity index (χ2n) is 32.2. The van der Waals surface area contributed by atoms with E-state index >= 15 is 0 Å². The van der Waals surface area contributed by atoms with Crippen molar-refractivity contribution in [1.29, 1.82) is 0 Å². The van der Waals surface area contributed by atoms with E-state index in [-0.39, 0.29) is 24.4 Å². The Morgan fingerprint density at radius 2 is 0.607 bits per heavy atom. The minimum atomic E-state index is 0.0563. The highest BCUT2D eigenvalue weighted by molar-refractivity contribution is 5.67. The first-order valence-corrected chi connectivity index (χ1v) is 44.4. The molecule has 6 heterocycles. The van der Waals surface area contributed by atoms with Gasteiger partial charge in [0.25, 0.3) is 0 Å². The van der Waals surface area contributed by atoms with Gasteiger partial charge in [-0.15, -0.1) is 0 Å². The fraction of sp³-hybridized carbons (Fsp3) is 0.500. The number of methoxy groups -OCH3 is 2. The van der Waals surface area contributed by atoms with Crippen molar-refractivity contribution in [3.05, 3.63) is 199 Å². The molecule has 11 aromatic rings. The van der Waals surface area contributed by atoms with Crippen LogP contribution in [0.15, 0.2) is 171 Å². The van der Waals surface area contributed by atoms with E-state index in [2.05, 4.69) is 252 Å². The number of aromatic nitrogens is 12. The molecule has 24 nitrogen and oxygen atoms in total. The number of rotatable bonds is 48. The van der Waals surface area contributed by atoms with Crippen LogP contribution >= 0.6 is 0 Å². The molecule has 24 heteroatoms. The molecule has 0 fully saturated rings. The summed E-state index contributed by atoms with van der Waals surface area (Å²) in [7, 11) is 14.2. The van der Waals surface area contributed by atoms with Crippen LogP contribution in [0.4, 0.5) is 0 Å². The minimum Gasteiger partial charge on any atom is -0.491 e. The number of unbranched alkanes of at least 4 members (excludes halogenated alkanes) is 5. The summed E-state index contributed by atoms with van der Waals surface area (Å²) in [6.07, 6.45) is 28.5.